The van der Waals surface area contributed by atoms with Gasteiger partial charge in [0.15, 0.2) is 5.96 Å². The van der Waals surface area contributed by atoms with E-state index >= 15 is 0 Å². The van der Waals surface area contributed by atoms with Crippen molar-refractivity contribution in [1.82, 2.24) is 10.6 Å². The van der Waals surface area contributed by atoms with Crippen molar-refractivity contribution in [2.75, 3.05) is 26.2 Å². The lowest BCUT2D eigenvalue weighted by molar-refractivity contribution is 0.0418. The first-order valence-corrected chi connectivity index (χ1v) is 8.48. The van der Waals surface area contributed by atoms with Crippen molar-refractivity contribution >= 4 is 29.9 Å². The van der Waals surface area contributed by atoms with Crippen molar-refractivity contribution in [3.63, 3.8) is 0 Å². The minimum atomic E-state index is -0.714. The molecule has 7 heteroatoms. The van der Waals surface area contributed by atoms with Gasteiger partial charge in [-0.3, -0.25) is 4.99 Å². The van der Waals surface area contributed by atoms with Gasteiger partial charge in [-0.15, -0.1) is 24.0 Å². The first kappa shape index (κ1) is 23.2. The van der Waals surface area contributed by atoms with E-state index in [2.05, 4.69) is 15.6 Å². The molecule has 140 valence electrons. The number of hydrogen-bond acceptors (Lipinski definition) is 4. The number of aliphatic imine (C=N–C) groups is 1. The molecule has 0 aromatic carbocycles. The quantitative estimate of drug-likeness (QED) is 0.208. The molecule has 0 aliphatic heterocycles. The highest BCUT2D eigenvalue weighted by Crippen LogP contribution is 2.14. The Morgan fingerprint density at radius 2 is 2.04 bits per heavy atom. The summed E-state index contributed by atoms with van der Waals surface area (Å²) in [6.45, 7) is 9.10. The van der Waals surface area contributed by atoms with E-state index in [-0.39, 0.29) is 24.0 Å². The van der Waals surface area contributed by atoms with Crippen LogP contribution in [0.3, 0.4) is 0 Å². The highest BCUT2D eigenvalue weighted by Gasteiger charge is 2.21. The number of rotatable bonds is 11. The van der Waals surface area contributed by atoms with Crippen LogP contribution in [-0.4, -0.2) is 42.9 Å². The molecule has 0 spiro atoms. The molecule has 3 N–H and O–H groups in total. The van der Waals surface area contributed by atoms with Crippen molar-refractivity contribution in [3.05, 3.63) is 24.2 Å². The fourth-order valence-corrected chi connectivity index (χ4v) is 1.99. The SMILES string of the molecule is CCNC(=NCC(O)(CC)CC)NCCCOCc1ccco1.I. The highest BCUT2D eigenvalue weighted by atomic mass is 127. The maximum absolute atomic E-state index is 10.3. The molecule has 24 heavy (non-hydrogen) atoms. The van der Waals surface area contributed by atoms with Crippen LogP contribution >= 0.6 is 24.0 Å². The first-order chi connectivity index (χ1) is 11.1. The van der Waals surface area contributed by atoms with Crippen LogP contribution in [0, 0.1) is 0 Å². The number of aliphatic hydroxyl groups is 1. The zero-order valence-electron chi connectivity index (χ0n) is 15.0. The number of hydrogen-bond donors (Lipinski definition) is 3. The fourth-order valence-electron chi connectivity index (χ4n) is 1.99. The monoisotopic (exact) mass is 453 g/mol. The average Bonchev–Trinajstić information content (AvgIpc) is 3.08. The minimum Gasteiger partial charge on any atom is -0.467 e. The predicted molar refractivity (Wildman–Crippen MR) is 108 cm³/mol. The summed E-state index contributed by atoms with van der Waals surface area (Å²) in [5.74, 6) is 1.57. The van der Waals surface area contributed by atoms with Crippen LogP contribution in [0.15, 0.2) is 27.8 Å². The molecule has 0 radical (unpaired) electrons. The Kier molecular flexibility index (Phi) is 13.0. The van der Waals surface area contributed by atoms with Crippen molar-refractivity contribution < 1.29 is 14.3 Å². The van der Waals surface area contributed by atoms with E-state index in [0.717, 1.165) is 31.2 Å². The van der Waals surface area contributed by atoms with Gasteiger partial charge in [-0.25, -0.2) is 0 Å². The third-order valence-corrected chi connectivity index (χ3v) is 3.77. The molecule has 0 aliphatic carbocycles. The lowest BCUT2D eigenvalue weighted by Gasteiger charge is -2.23. The lowest BCUT2D eigenvalue weighted by Crippen LogP contribution is -2.40. The van der Waals surface area contributed by atoms with E-state index in [4.69, 9.17) is 9.15 Å². The van der Waals surface area contributed by atoms with E-state index in [9.17, 15) is 5.11 Å². The molecule has 1 aromatic rings. The van der Waals surface area contributed by atoms with Gasteiger partial charge < -0.3 is 24.9 Å². The summed E-state index contributed by atoms with van der Waals surface area (Å²) in [6.07, 6.45) is 3.92. The van der Waals surface area contributed by atoms with Crippen LogP contribution < -0.4 is 10.6 Å². The van der Waals surface area contributed by atoms with Gasteiger partial charge in [0.25, 0.3) is 0 Å². The standard InChI is InChI=1S/C17H31N3O3.HI/c1-4-17(21,5-2)14-20-16(18-6-3)19-10-8-11-22-13-15-9-7-12-23-15;/h7,9,12,21H,4-6,8,10-11,13-14H2,1-3H3,(H2,18,19,20);1H. The predicted octanol–water partition coefficient (Wildman–Crippen LogP) is 2.91. The van der Waals surface area contributed by atoms with Crippen LogP contribution in [-0.2, 0) is 11.3 Å². The molecule has 0 saturated carbocycles. The molecule has 0 unspecified atom stereocenters. The highest BCUT2D eigenvalue weighted by molar-refractivity contribution is 14.0. The van der Waals surface area contributed by atoms with Gasteiger partial charge >= 0.3 is 0 Å². The zero-order chi connectivity index (χ0) is 17.0. The van der Waals surface area contributed by atoms with E-state index in [1.807, 2.05) is 32.9 Å². The zero-order valence-corrected chi connectivity index (χ0v) is 17.3. The molecule has 6 nitrogen and oxygen atoms in total. The Balaban J connectivity index is 0.00000529. The molecule has 1 rings (SSSR count). The molecule has 1 aromatic heterocycles. The van der Waals surface area contributed by atoms with Crippen LogP contribution in [0.5, 0.6) is 0 Å². The number of nitrogens with zero attached hydrogens (tertiary/aromatic N) is 1. The Morgan fingerprint density at radius 1 is 1.29 bits per heavy atom. The molecular weight excluding hydrogens is 421 g/mol. The number of furan rings is 1. The van der Waals surface area contributed by atoms with Crippen molar-refractivity contribution in [1.29, 1.82) is 0 Å². The summed E-state index contributed by atoms with van der Waals surface area (Å²) in [4.78, 5) is 4.47. The summed E-state index contributed by atoms with van der Waals surface area (Å²) >= 11 is 0. The normalized spacial score (nSPS) is 11.9. The van der Waals surface area contributed by atoms with Crippen LogP contribution in [0.25, 0.3) is 0 Å². The smallest absolute Gasteiger partial charge is 0.191 e. The Labute approximate surface area is 162 Å². The van der Waals surface area contributed by atoms with Crippen LogP contribution in [0.1, 0.15) is 45.8 Å². The van der Waals surface area contributed by atoms with Crippen molar-refractivity contribution in [3.8, 4) is 0 Å². The largest absolute Gasteiger partial charge is 0.467 e. The summed E-state index contributed by atoms with van der Waals surface area (Å²) in [5, 5.41) is 16.7. The average molecular weight is 453 g/mol. The maximum atomic E-state index is 10.3. The summed E-state index contributed by atoms with van der Waals surface area (Å²) in [7, 11) is 0. The summed E-state index contributed by atoms with van der Waals surface area (Å²) < 4.78 is 10.7. The van der Waals surface area contributed by atoms with Gasteiger partial charge in [-0.05, 0) is 38.3 Å². The molecule has 0 bridgehead atoms. The second-order valence-corrected chi connectivity index (χ2v) is 5.54. The summed E-state index contributed by atoms with van der Waals surface area (Å²) in [6, 6.07) is 3.75. The molecule has 1 heterocycles. The van der Waals surface area contributed by atoms with E-state index in [1.54, 1.807) is 6.26 Å². The molecular formula is C17H32IN3O3. The number of halogens is 1. The minimum absolute atomic E-state index is 0. The molecule has 0 atom stereocenters. The molecule has 0 amide bonds. The lowest BCUT2D eigenvalue weighted by atomic mass is 9.98. The Morgan fingerprint density at radius 3 is 2.62 bits per heavy atom. The van der Waals surface area contributed by atoms with E-state index in [1.165, 1.54) is 0 Å². The van der Waals surface area contributed by atoms with Crippen LogP contribution in [0.4, 0.5) is 0 Å². The molecule has 0 saturated heterocycles. The summed E-state index contributed by atoms with van der Waals surface area (Å²) in [5.41, 5.74) is -0.714. The molecule has 0 aliphatic rings. The van der Waals surface area contributed by atoms with E-state index < -0.39 is 5.60 Å². The topological polar surface area (TPSA) is 79.0 Å². The van der Waals surface area contributed by atoms with Crippen LogP contribution in [0.2, 0.25) is 0 Å². The molecule has 0 fully saturated rings. The van der Waals surface area contributed by atoms with Crippen molar-refractivity contribution in [2.24, 2.45) is 4.99 Å². The second kappa shape index (κ2) is 13.5. The van der Waals surface area contributed by atoms with Gasteiger partial charge in [0.2, 0.25) is 0 Å². The van der Waals surface area contributed by atoms with Gasteiger partial charge in [0, 0.05) is 19.7 Å². The van der Waals surface area contributed by atoms with Gasteiger partial charge in [-0.2, -0.15) is 0 Å². The Hall–Kier alpha value is -0.800. The number of nitrogens with one attached hydrogen (secondary N) is 2. The maximum Gasteiger partial charge on any atom is 0.191 e. The third kappa shape index (κ3) is 9.48. The van der Waals surface area contributed by atoms with Gasteiger partial charge in [0.05, 0.1) is 18.4 Å². The second-order valence-electron chi connectivity index (χ2n) is 5.54. The third-order valence-electron chi connectivity index (χ3n) is 3.77. The first-order valence-electron chi connectivity index (χ1n) is 8.48. The Bertz CT molecular complexity index is 434. The van der Waals surface area contributed by atoms with Crippen molar-refractivity contribution in [2.45, 2.75) is 52.2 Å². The van der Waals surface area contributed by atoms with Gasteiger partial charge in [-0.1, -0.05) is 13.8 Å². The van der Waals surface area contributed by atoms with E-state index in [0.29, 0.717) is 32.6 Å². The number of guanidine groups is 1. The fraction of sp³-hybridized carbons (Fsp3) is 0.706. The number of ether oxygens (including phenoxy) is 1. The van der Waals surface area contributed by atoms with Gasteiger partial charge in [0.1, 0.15) is 12.4 Å².